The Kier molecular flexibility index (Phi) is 6.44. The van der Waals surface area contributed by atoms with Crippen LogP contribution in [0.4, 0.5) is 4.39 Å². The Balaban J connectivity index is 1.88. The van der Waals surface area contributed by atoms with Gasteiger partial charge in [0.25, 0.3) is 0 Å². The second kappa shape index (κ2) is 8.56. The number of hydrogen-bond acceptors (Lipinski definition) is 5. The fraction of sp³-hybridized carbons (Fsp3) is 0.222. The molecule has 2 aromatic rings. The highest BCUT2D eigenvalue weighted by atomic mass is 32.2. The van der Waals surface area contributed by atoms with Crippen molar-refractivity contribution < 1.29 is 22.3 Å². The first-order valence-electron chi connectivity index (χ1n) is 7.72. The molecule has 0 aliphatic heterocycles. The molecule has 1 N–H and O–H groups in total. The summed E-state index contributed by atoms with van der Waals surface area (Å²) in [6, 6.07) is 11.9. The third-order valence-electron chi connectivity index (χ3n) is 3.68. The highest BCUT2D eigenvalue weighted by Gasteiger charge is 2.12. The molecule has 8 heteroatoms. The number of nitrogens with one attached hydrogen (secondary N) is 1. The second-order valence-corrected chi connectivity index (χ2v) is 7.32. The number of nitrogens with zero attached hydrogens (tertiary/aromatic N) is 1. The molecule has 0 fully saturated rings. The molecule has 0 unspecified atom stereocenters. The van der Waals surface area contributed by atoms with Gasteiger partial charge in [0.05, 0.1) is 16.5 Å². The largest absolute Gasteiger partial charge is 0.461 e. The van der Waals surface area contributed by atoms with E-state index < -0.39 is 21.8 Å². The zero-order chi connectivity index (χ0) is 19.2. The van der Waals surface area contributed by atoms with Gasteiger partial charge in [-0.25, -0.2) is 17.5 Å². The normalized spacial score (nSPS) is 11.0. The van der Waals surface area contributed by atoms with Gasteiger partial charge in [-0.1, -0.05) is 12.1 Å². The molecule has 0 atom stereocenters. The van der Waals surface area contributed by atoms with Crippen LogP contribution in [-0.2, 0) is 32.6 Å². The molecular formula is C18H17FN2O4S. The van der Waals surface area contributed by atoms with Crippen LogP contribution in [0.15, 0.2) is 47.4 Å². The zero-order valence-corrected chi connectivity index (χ0v) is 14.8. The van der Waals surface area contributed by atoms with Gasteiger partial charge in [-0.3, -0.25) is 4.79 Å². The lowest BCUT2D eigenvalue weighted by Gasteiger charge is -2.07. The van der Waals surface area contributed by atoms with Crippen molar-refractivity contribution in [1.29, 1.82) is 5.26 Å². The third-order valence-corrected chi connectivity index (χ3v) is 5.11. The van der Waals surface area contributed by atoms with Gasteiger partial charge in [0.2, 0.25) is 10.0 Å². The number of hydrogen-bond donors (Lipinski definition) is 1. The lowest BCUT2D eigenvalue weighted by atomic mass is 10.1. The number of sulfonamides is 1. The van der Waals surface area contributed by atoms with Gasteiger partial charge in [-0.2, -0.15) is 5.26 Å². The molecule has 2 rings (SSSR count). The van der Waals surface area contributed by atoms with E-state index in [1.165, 1.54) is 31.3 Å². The van der Waals surface area contributed by atoms with Gasteiger partial charge in [0.1, 0.15) is 12.4 Å². The van der Waals surface area contributed by atoms with Gasteiger partial charge >= 0.3 is 5.97 Å². The van der Waals surface area contributed by atoms with Gasteiger partial charge in [0.15, 0.2) is 0 Å². The molecule has 2 aromatic carbocycles. The van der Waals surface area contributed by atoms with Crippen molar-refractivity contribution in [3.05, 3.63) is 65.0 Å². The lowest BCUT2D eigenvalue weighted by Crippen LogP contribution is -2.18. The number of ether oxygens (including phenoxy) is 1. The molecule has 0 saturated heterocycles. The van der Waals surface area contributed by atoms with Crippen molar-refractivity contribution in [2.45, 2.75) is 24.3 Å². The first kappa shape index (κ1) is 19.6. The van der Waals surface area contributed by atoms with Crippen LogP contribution in [0.25, 0.3) is 0 Å². The monoisotopic (exact) mass is 376 g/mol. The molecule has 0 aromatic heterocycles. The summed E-state index contributed by atoms with van der Waals surface area (Å²) in [4.78, 5) is 12.0. The number of benzene rings is 2. The van der Waals surface area contributed by atoms with E-state index in [9.17, 15) is 17.6 Å². The van der Waals surface area contributed by atoms with Crippen LogP contribution in [-0.4, -0.2) is 21.4 Å². The maximum atomic E-state index is 13.6. The third kappa shape index (κ3) is 5.12. The summed E-state index contributed by atoms with van der Waals surface area (Å²) in [5, 5.41) is 8.80. The van der Waals surface area contributed by atoms with Gasteiger partial charge < -0.3 is 4.74 Å². The second-order valence-electron chi connectivity index (χ2n) is 5.43. The SMILES string of the molecule is CNS(=O)(=O)c1ccc(CCC(=O)OCc2cc(C#N)ccc2F)cc1. The summed E-state index contributed by atoms with van der Waals surface area (Å²) in [5.41, 5.74) is 1.20. The predicted octanol–water partition coefficient (Wildman–Crippen LogP) is 2.28. The molecule has 26 heavy (non-hydrogen) atoms. The topological polar surface area (TPSA) is 96.3 Å². The van der Waals surface area contributed by atoms with Crippen LogP contribution >= 0.6 is 0 Å². The smallest absolute Gasteiger partial charge is 0.306 e. The van der Waals surface area contributed by atoms with Crippen LogP contribution < -0.4 is 4.72 Å². The summed E-state index contributed by atoms with van der Waals surface area (Å²) in [5.74, 6) is -1.06. The molecule has 0 aliphatic carbocycles. The first-order valence-corrected chi connectivity index (χ1v) is 9.20. The van der Waals surface area contributed by atoms with Crippen LogP contribution in [0.2, 0.25) is 0 Å². The van der Waals surface area contributed by atoms with Crippen LogP contribution in [0.5, 0.6) is 0 Å². The number of aryl methyl sites for hydroxylation is 1. The molecule has 0 heterocycles. The number of halogens is 1. The highest BCUT2D eigenvalue weighted by Crippen LogP contribution is 2.14. The number of carbonyl (C=O) groups excluding carboxylic acids is 1. The Bertz CT molecular complexity index is 935. The van der Waals surface area contributed by atoms with Crippen LogP contribution in [0, 0.1) is 17.1 Å². The van der Waals surface area contributed by atoms with Gasteiger partial charge in [-0.15, -0.1) is 0 Å². The molecule has 0 bridgehead atoms. The fourth-order valence-corrected chi connectivity index (χ4v) is 2.91. The van der Waals surface area contributed by atoms with Crippen molar-refractivity contribution in [2.75, 3.05) is 7.05 Å². The number of nitriles is 1. The molecule has 0 aliphatic rings. The molecule has 136 valence electrons. The van der Waals surface area contributed by atoms with Crippen molar-refractivity contribution in [2.24, 2.45) is 0 Å². The van der Waals surface area contributed by atoms with E-state index in [0.717, 1.165) is 11.6 Å². The Morgan fingerprint density at radius 2 is 1.92 bits per heavy atom. The van der Waals surface area contributed by atoms with Crippen molar-refractivity contribution in [1.82, 2.24) is 4.72 Å². The van der Waals surface area contributed by atoms with Crippen LogP contribution in [0.1, 0.15) is 23.1 Å². The minimum Gasteiger partial charge on any atom is -0.461 e. The van der Waals surface area contributed by atoms with E-state index in [4.69, 9.17) is 10.00 Å². The molecule has 0 amide bonds. The molecule has 0 saturated carbocycles. The molecule has 6 nitrogen and oxygen atoms in total. The van der Waals surface area contributed by atoms with E-state index in [-0.39, 0.29) is 29.1 Å². The minimum atomic E-state index is -3.50. The van der Waals surface area contributed by atoms with Crippen molar-refractivity contribution >= 4 is 16.0 Å². The van der Waals surface area contributed by atoms with E-state index in [1.807, 2.05) is 6.07 Å². The quantitative estimate of drug-likeness (QED) is 0.748. The fourth-order valence-electron chi connectivity index (χ4n) is 2.18. The number of esters is 1. The maximum absolute atomic E-state index is 13.6. The van der Waals surface area contributed by atoms with Gasteiger partial charge in [-0.05, 0) is 49.4 Å². The Morgan fingerprint density at radius 3 is 2.54 bits per heavy atom. The van der Waals surface area contributed by atoms with Gasteiger partial charge in [0, 0.05) is 12.0 Å². The van der Waals surface area contributed by atoms with E-state index in [0.29, 0.717) is 6.42 Å². The lowest BCUT2D eigenvalue weighted by molar-refractivity contribution is -0.144. The average Bonchev–Trinajstić information content (AvgIpc) is 2.66. The summed E-state index contributed by atoms with van der Waals surface area (Å²) in [7, 11) is -2.17. The maximum Gasteiger partial charge on any atom is 0.306 e. The van der Waals surface area contributed by atoms with Crippen molar-refractivity contribution in [3.63, 3.8) is 0 Å². The summed E-state index contributed by atoms with van der Waals surface area (Å²) < 4.78 is 44.1. The van der Waals surface area contributed by atoms with E-state index >= 15 is 0 Å². The summed E-state index contributed by atoms with van der Waals surface area (Å²) in [6.07, 6.45) is 0.428. The van der Waals surface area contributed by atoms with E-state index in [1.54, 1.807) is 12.1 Å². The molecular weight excluding hydrogens is 359 g/mol. The van der Waals surface area contributed by atoms with E-state index in [2.05, 4.69) is 4.72 Å². The summed E-state index contributed by atoms with van der Waals surface area (Å²) >= 11 is 0. The zero-order valence-electron chi connectivity index (χ0n) is 14.0. The van der Waals surface area contributed by atoms with Crippen LogP contribution in [0.3, 0.4) is 0 Å². The standard InChI is InChI=1S/C18H17FN2O4S/c1-21-26(23,24)16-6-2-13(3-7-16)5-9-18(22)25-12-15-10-14(11-20)4-8-17(15)19/h2-4,6-8,10,21H,5,9,12H2,1H3. The highest BCUT2D eigenvalue weighted by molar-refractivity contribution is 7.89. The van der Waals surface area contributed by atoms with Crippen molar-refractivity contribution in [3.8, 4) is 6.07 Å². The Hall–Kier alpha value is -2.76. The Labute approximate surface area is 151 Å². The molecule has 0 radical (unpaired) electrons. The molecule has 0 spiro atoms. The number of rotatable bonds is 7. The predicted molar refractivity (Wildman–Crippen MR) is 91.9 cm³/mol. The Morgan fingerprint density at radius 1 is 1.23 bits per heavy atom. The summed E-state index contributed by atoms with van der Waals surface area (Å²) in [6.45, 7) is -0.250. The number of carbonyl (C=O) groups is 1. The average molecular weight is 376 g/mol. The minimum absolute atomic E-state index is 0.0671. The first-order chi connectivity index (χ1) is 12.4.